The summed E-state index contributed by atoms with van der Waals surface area (Å²) >= 11 is 0. The van der Waals surface area contributed by atoms with E-state index in [1.54, 1.807) is 0 Å². The number of carbonyl (C=O) groups excluding carboxylic acids is 1. The molecule has 1 amide bonds. The van der Waals surface area contributed by atoms with Crippen molar-refractivity contribution in [2.24, 2.45) is 17.6 Å². The maximum Gasteiger partial charge on any atom is 0.239 e. The van der Waals surface area contributed by atoms with Crippen molar-refractivity contribution in [2.45, 2.75) is 46.1 Å². The monoisotopic (exact) mass is 255 g/mol. The van der Waals surface area contributed by atoms with Gasteiger partial charge in [-0.05, 0) is 44.2 Å². The second-order valence-electron chi connectivity index (χ2n) is 5.81. The average molecular weight is 255 g/mol. The molecular formula is C14H29N3O. The summed E-state index contributed by atoms with van der Waals surface area (Å²) in [6.07, 6.45) is 3.00. The molecule has 0 bridgehead atoms. The third kappa shape index (κ3) is 4.94. The number of carbonyl (C=O) groups is 1. The molecule has 0 aromatic heterocycles. The van der Waals surface area contributed by atoms with E-state index < -0.39 is 0 Å². The predicted molar refractivity (Wildman–Crippen MR) is 75.3 cm³/mol. The summed E-state index contributed by atoms with van der Waals surface area (Å²) in [4.78, 5) is 14.1. The van der Waals surface area contributed by atoms with Crippen LogP contribution in [0, 0.1) is 11.8 Å². The van der Waals surface area contributed by atoms with Crippen molar-refractivity contribution >= 4 is 5.91 Å². The Morgan fingerprint density at radius 1 is 1.39 bits per heavy atom. The summed E-state index contributed by atoms with van der Waals surface area (Å²) in [5.74, 6) is 1.34. The van der Waals surface area contributed by atoms with Crippen LogP contribution in [-0.4, -0.2) is 43.0 Å². The van der Waals surface area contributed by atoms with Gasteiger partial charge in [-0.3, -0.25) is 4.79 Å². The highest BCUT2D eigenvalue weighted by molar-refractivity contribution is 5.81. The molecule has 0 aliphatic carbocycles. The molecule has 106 valence electrons. The first-order valence-electron chi connectivity index (χ1n) is 7.29. The Labute approximate surface area is 111 Å². The second-order valence-corrected chi connectivity index (χ2v) is 5.81. The number of likely N-dealkylation sites (tertiary alicyclic amines) is 1. The van der Waals surface area contributed by atoms with E-state index in [9.17, 15) is 4.79 Å². The van der Waals surface area contributed by atoms with E-state index in [4.69, 9.17) is 5.73 Å². The Kier molecular flexibility index (Phi) is 6.65. The van der Waals surface area contributed by atoms with Gasteiger partial charge in [-0.25, -0.2) is 0 Å². The van der Waals surface area contributed by atoms with Crippen LogP contribution in [0.5, 0.6) is 0 Å². The summed E-state index contributed by atoms with van der Waals surface area (Å²) in [5, 5.41) is 3.38. The van der Waals surface area contributed by atoms with Crippen LogP contribution in [0.15, 0.2) is 0 Å². The van der Waals surface area contributed by atoms with Gasteiger partial charge in [0.1, 0.15) is 0 Å². The highest BCUT2D eigenvalue weighted by atomic mass is 16.2. The zero-order valence-corrected chi connectivity index (χ0v) is 12.1. The topological polar surface area (TPSA) is 58.4 Å². The van der Waals surface area contributed by atoms with E-state index in [2.05, 4.69) is 26.1 Å². The molecule has 4 heteroatoms. The standard InChI is InChI=1S/C14H29N3O/c1-4-16-10-12-5-7-17(8-6-12)14(18)13(15)9-11(2)3/h11-13,16H,4-10,15H2,1-3H3/t13-/m0/s1. The Morgan fingerprint density at radius 2 is 2.00 bits per heavy atom. The second kappa shape index (κ2) is 7.74. The lowest BCUT2D eigenvalue weighted by molar-refractivity contribution is -0.134. The first kappa shape index (κ1) is 15.4. The molecule has 0 aromatic carbocycles. The van der Waals surface area contributed by atoms with Crippen LogP contribution in [-0.2, 0) is 4.79 Å². The fraction of sp³-hybridized carbons (Fsp3) is 0.929. The molecule has 1 aliphatic rings. The molecule has 1 atom stereocenters. The van der Waals surface area contributed by atoms with Crippen molar-refractivity contribution in [1.82, 2.24) is 10.2 Å². The van der Waals surface area contributed by atoms with Crippen molar-refractivity contribution in [3.05, 3.63) is 0 Å². The van der Waals surface area contributed by atoms with Crippen molar-refractivity contribution in [2.75, 3.05) is 26.2 Å². The molecule has 0 radical (unpaired) electrons. The molecule has 3 N–H and O–H groups in total. The SMILES string of the molecule is CCNCC1CCN(C(=O)[C@@H](N)CC(C)C)CC1. The van der Waals surface area contributed by atoms with Crippen LogP contribution in [0.1, 0.15) is 40.0 Å². The normalized spacial score (nSPS) is 19.3. The van der Waals surface area contributed by atoms with Crippen LogP contribution in [0.25, 0.3) is 0 Å². The van der Waals surface area contributed by atoms with Gasteiger partial charge in [0.05, 0.1) is 6.04 Å². The average Bonchev–Trinajstić information content (AvgIpc) is 2.35. The number of nitrogens with one attached hydrogen (secondary N) is 1. The van der Waals surface area contributed by atoms with Gasteiger partial charge in [0.2, 0.25) is 5.91 Å². The highest BCUT2D eigenvalue weighted by Crippen LogP contribution is 2.17. The van der Waals surface area contributed by atoms with E-state index in [-0.39, 0.29) is 11.9 Å². The number of piperidine rings is 1. The maximum absolute atomic E-state index is 12.1. The smallest absolute Gasteiger partial charge is 0.239 e. The molecule has 0 spiro atoms. The molecule has 18 heavy (non-hydrogen) atoms. The lowest BCUT2D eigenvalue weighted by Crippen LogP contribution is -2.48. The maximum atomic E-state index is 12.1. The minimum atomic E-state index is -0.310. The lowest BCUT2D eigenvalue weighted by atomic mass is 9.95. The van der Waals surface area contributed by atoms with Crippen LogP contribution in [0.4, 0.5) is 0 Å². The molecule has 1 aliphatic heterocycles. The molecule has 0 aromatic rings. The van der Waals surface area contributed by atoms with Crippen molar-refractivity contribution in [3.63, 3.8) is 0 Å². The van der Waals surface area contributed by atoms with Gasteiger partial charge in [-0.2, -0.15) is 0 Å². The quantitative estimate of drug-likeness (QED) is 0.750. The van der Waals surface area contributed by atoms with Gasteiger partial charge >= 0.3 is 0 Å². The van der Waals surface area contributed by atoms with Crippen molar-refractivity contribution < 1.29 is 4.79 Å². The lowest BCUT2D eigenvalue weighted by Gasteiger charge is -2.33. The molecule has 0 saturated carbocycles. The van der Waals surface area contributed by atoms with Gasteiger partial charge in [-0.1, -0.05) is 20.8 Å². The van der Waals surface area contributed by atoms with Crippen molar-refractivity contribution in [1.29, 1.82) is 0 Å². The Balaban J connectivity index is 2.31. The van der Waals surface area contributed by atoms with E-state index in [0.717, 1.165) is 51.4 Å². The summed E-state index contributed by atoms with van der Waals surface area (Å²) in [5.41, 5.74) is 5.96. The number of amides is 1. The van der Waals surface area contributed by atoms with Gasteiger partial charge in [-0.15, -0.1) is 0 Å². The van der Waals surface area contributed by atoms with Gasteiger partial charge in [0.15, 0.2) is 0 Å². The predicted octanol–water partition coefficient (Wildman–Crippen LogP) is 1.21. The third-order valence-electron chi connectivity index (χ3n) is 3.65. The summed E-state index contributed by atoms with van der Waals surface area (Å²) in [6.45, 7) is 10.2. The fourth-order valence-corrected chi connectivity index (χ4v) is 2.55. The van der Waals surface area contributed by atoms with Gasteiger partial charge in [0.25, 0.3) is 0 Å². The minimum absolute atomic E-state index is 0.144. The van der Waals surface area contributed by atoms with E-state index in [0.29, 0.717) is 5.92 Å². The van der Waals surface area contributed by atoms with E-state index >= 15 is 0 Å². The van der Waals surface area contributed by atoms with Crippen LogP contribution < -0.4 is 11.1 Å². The highest BCUT2D eigenvalue weighted by Gasteiger charge is 2.26. The van der Waals surface area contributed by atoms with Crippen LogP contribution >= 0.6 is 0 Å². The van der Waals surface area contributed by atoms with E-state index in [1.165, 1.54) is 0 Å². The first-order chi connectivity index (χ1) is 8.54. The fourth-order valence-electron chi connectivity index (χ4n) is 2.55. The Morgan fingerprint density at radius 3 is 2.50 bits per heavy atom. The van der Waals surface area contributed by atoms with Crippen molar-refractivity contribution in [3.8, 4) is 0 Å². The van der Waals surface area contributed by atoms with Crippen LogP contribution in [0.3, 0.4) is 0 Å². The summed E-state index contributed by atoms with van der Waals surface area (Å²) in [7, 11) is 0. The summed E-state index contributed by atoms with van der Waals surface area (Å²) in [6, 6.07) is -0.310. The molecule has 1 fully saturated rings. The number of nitrogens with zero attached hydrogens (tertiary/aromatic N) is 1. The molecule has 1 heterocycles. The summed E-state index contributed by atoms with van der Waals surface area (Å²) < 4.78 is 0. The van der Waals surface area contributed by atoms with Crippen LogP contribution in [0.2, 0.25) is 0 Å². The minimum Gasteiger partial charge on any atom is -0.341 e. The number of hydrogen-bond donors (Lipinski definition) is 2. The zero-order chi connectivity index (χ0) is 13.5. The van der Waals surface area contributed by atoms with Gasteiger partial charge in [0, 0.05) is 13.1 Å². The Hall–Kier alpha value is -0.610. The number of rotatable bonds is 6. The van der Waals surface area contributed by atoms with Gasteiger partial charge < -0.3 is 16.0 Å². The molecule has 1 saturated heterocycles. The van der Waals surface area contributed by atoms with E-state index in [1.807, 2.05) is 4.90 Å². The third-order valence-corrected chi connectivity index (χ3v) is 3.65. The zero-order valence-electron chi connectivity index (χ0n) is 12.1. The number of nitrogens with two attached hydrogens (primary N) is 1. The first-order valence-corrected chi connectivity index (χ1v) is 7.29. The number of hydrogen-bond acceptors (Lipinski definition) is 3. The largest absolute Gasteiger partial charge is 0.341 e. The molecule has 0 unspecified atom stereocenters. The molecule has 4 nitrogen and oxygen atoms in total. The molecular weight excluding hydrogens is 226 g/mol. The Bertz CT molecular complexity index is 247. The molecule has 1 rings (SSSR count).